The van der Waals surface area contributed by atoms with E-state index in [1.165, 1.54) is 5.57 Å². The smallest absolute Gasteiger partial charge is 0.333 e. The fraction of sp³-hybridized carbons (Fsp3) is 0.750. The Bertz CT molecular complexity index is 998. The van der Waals surface area contributed by atoms with Crippen LogP contribution in [0.5, 0.6) is 0 Å². The largest absolute Gasteiger partial charge is 0.479 e. The lowest BCUT2D eigenvalue weighted by molar-refractivity contribution is -0.153. The molecule has 0 heterocycles. The van der Waals surface area contributed by atoms with Gasteiger partial charge < -0.3 is 25.5 Å². The maximum atomic E-state index is 12.1. The number of carboxylic acid groups (broad SMARTS) is 1. The van der Waals surface area contributed by atoms with E-state index in [1.807, 2.05) is 13.0 Å². The van der Waals surface area contributed by atoms with Crippen molar-refractivity contribution in [2.24, 2.45) is 39.2 Å². The quantitative estimate of drug-likeness (QED) is 0.395. The lowest BCUT2D eigenvalue weighted by Crippen LogP contribution is -2.53. The van der Waals surface area contributed by atoms with Gasteiger partial charge in [-0.3, -0.25) is 4.79 Å². The van der Waals surface area contributed by atoms with E-state index in [9.17, 15) is 19.8 Å². The predicted octanol–water partition coefficient (Wildman–Crippen LogP) is 3.44. The average molecular weight is 503 g/mol. The number of carboxylic acids is 1. The van der Waals surface area contributed by atoms with E-state index in [0.717, 1.165) is 38.5 Å². The molecular weight excluding hydrogens is 460 g/mol. The summed E-state index contributed by atoms with van der Waals surface area (Å²) in [6.45, 7) is 9.52. The summed E-state index contributed by atoms with van der Waals surface area (Å²) in [7, 11) is 0. The number of allylic oxidation sites excluding steroid dienone is 4. The Balaban J connectivity index is 1.35. The second-order valence-electron chi connectivity index (χ2n) is 12.8. The number of carbonyl (C=O) groups is 2. The topological polar surface area (TPSA) is 128 Å². The van der Waals surface area contributed by atoms with Crippen molar-refractivity contribution in [3.63, 3.8) is 0 Å². The van der Waals surface area contributed by atoms with E-state index >= 15 is 0 Å². The highest BCUT2D eigenvalue weighted by Crippen LogP contribution is 2.66. The molecule has 0 saturated heterocycles. The van der Waals surface area contributed by atoms with E-state index in [2.05, 4.69) is 36.5 Å². The number of fused-ring (bicyclic) bond motifs is 5. The molecule has 0 aliphatic heterocycles. The van der Waals surface area contributed by atoms with Crippen molar-refractivity contribution < 1.29 is 29.7 Å². The molecule has 0 aromatic rings. The average Bonchev–Trinajstić information content (AvgIpc) is 3.06. The second kappa shape index (κ2) is 9.28. The van der Waals surface area contributed by atoms with Crippen LogP contribution in [0.1, 0.15) is 73.1 Å². The number of aliphatic carboxylic acids is 1. The normalized spacial score (nSPS) is 39.5. The fourth-order valence-electron chi connectivity index (χ4n) is 7.48. The minimum atomic E-state index is -1.58. The van der Waals surface area contributed by atoms with Gasteiger partial charge in [0.05, 0.1) is 5.60 Å². The van der Waals surface area contributed by atoms with Crippen molar-refractivity contribution in [1.29, 1.82) is 0 Å². The maximum absolute atomic E-state index is 12.1. The summed E-state index contributed by atoms with van der Waals surface area (Å²) < 4.78 is 0. The summed E-state index contributed by atoms with van der Waals surface area (Å²) in [5.41, 5.74) is 0.434. The van der Waals surface area contributed by atoms with Crippen LogP contribution < -0.4 is 5.32 Å². The van der Waals surface area contributed by atoms with Gasteiger partial charge in [0.1, 0.15) is 5.71 Å². The number of rotatable bonds is 7. The summed E-state index contributed by atoms with van der Waals surface area (Å²) in [6, 6.07) is 0. The summed E-state index contributed by atoms with van der Waals surface area (Å²) in [6.07, 6.45) is 11.1. The third-order valence-electron chi connectivity index (χ3n) is 10.2. The molecule has 1 amide bonds. The second-order valence-corrected chi connectivity index (χ2v) is 12.8. The van der Waals surface area contributed by atoms with Gasteiger partial charge in [-0.15, -0.1) is 0 Å². The van der Waals surface area contributed by atoms with Gasteiger partial charge in [0.25, 0.3) is 5.91 Å². The molecule has 3 saturated carbocycles. The van der Waals surface area contributed by atoms with Crippen LogP contribution in [0, 0.1) is 34.0 Å². The van der Waals surface area contributed by atoms with Gasteiger partial charge in [-0.05, 0) is 80.8 Å². The predicted molar refractivity (Wildman–Crippen MR) is 136 cm³/mol. The molecule has 0 radical (unpaired) electrons. The fourth-order valence-corrected chi connectivity index (χ4v) is 7.48. The first-order valence-electron chi connectivity index (χ1n) is 13.2. The van der Waals surface area contributed by atoms with Gasteiger partial charge in [-0.25, -0.2) is 4.79 Å². The van der Waals surface area contributed by atoms with Crippen molar-refractivity contribution in [3.05, 3.63) is 23.8 Å². The molecule has 0 spiro atoms. The Hall–Kier alpha value is -2.19. The summed E-state index contributed by atoms with van der Waals surface area (Å²) >= 11 is 0. The highest BCUT2D eigenvalue weighted by atomic mass is 16.6. The highest BCUT2D eigenvalue weighted by Gasteiger charge is 2.62. The Labute approximate surface area is 213 Å². The van der Waals surface area contributed by atoms with E-state index in [-0.39, 0.29) is 24.0 Å². The molecule has 4 N–H and O–H groups in total. The van der Waals surface area contributed by atoms with Crippen LogP contribution in [-0.2, 0) is 14.4 Å². The molecule has 0 aromatic heterocycles. The molecular formula is C28H42N2O6. The van der Waals surface area contributed by atoms with Crippen molar-refractivity contribution in [3.8, 4) is 0 Å². The van der Waals surface area contributed by atoms with Crippen LogP contribution in [0.3, 0.4) is 0 Å². The lowest BCUT2D eigenvalue weighted by atomic mass is 9.47. The minimum absolute atomic E-state index is 0.000429. The first kappa shape index (κ1) is 26.9. The molecule has 200 valence electrons. The van der Waals surface area contributed by atoms with Crippen LogP contribution in [0.2, 0.25) is 0 Å². The first-order valence-corrected chi connectivity index (χ1v) is 13.2. The molecule has 7 atom stereocenters. The Kier molecular flexibility index (Phi) is 6.92. The number of oxime groups is 1. The molecule has 4 aliphatic carbocycles. The number of aliphatic hydroxyl groups is 2. The number of carbonyl (C=O) groups excluding carboxylic acids is 1. The van der Waals surface area contributed by atoms with E-state index < -0.39 is 29.0 Å². The standard InChI is InChI=1S/C28H42N2O6/c1-25(2,23(32)24(33)34)16-29-22(31)15-36-30-18-8-11-26(3)17(14-18)6-7-19-20(26)9-12-27(4)21(19)10-13-28(27,5)35/h8,11,14,19-21,23,32,35H,6-7,9-10,12-13,15-16H2,1-5H3,(H,29,31)(H,33,34)/b30-18-/t19-,20+,21+,23-,26+,27+,28+/m1/s1. The van der Waals surface area contributed by atoms with E-state index in [1.54, 1.807) is 13.8 Å². The van der Waals surface area contributed by atoms with Crippen LogP contribution in [0.25, 0.3) is 0 Å². The summed E-state index contributed by atoms with van der Waals surface area (Å²) in [5, 5.41) is 36.6. The zero-order chi connectivity index (χ0) is 26.5. The molecule has 3 fully saturated rings. The molecule has 4 rings (SSSR count). The van der Waals surface area contributed by atoms with Crippen LogP contribution in [0.15, 0.2) is 29.0 Å². The Morgan fingerprint density at radius 3 is 2.58 bits per heavy atom. The molecule has 0 bridgehead atoms. The molecule has 36 heavy (non-hydrogen) atoms. The third-order valence-corrected chi connectivity index (χ3v) is 10.2. The van der Waals surface area contributed by atoms with Crippen molar-refractivity contribution >= 4 is 17.6 Å². The number of nitrogens with one attached hydrogen (secondary N) is 1. The molecule has 4 aliphatic rings. The van der Waals surface area contributed by atoms with Gasteiger partial charge in [-0.1, -0.05) is 44.5 Å². The van der Waals surface area contributed by atoms with Gasteiger partial charge in [0, 0.05) is 17.4 Å². The van der Waals surface area contributed by atoms with E-state index in [4.69, 9.17) is 9.94 Å². The molecule has 8 nitrogen and oxygen atoms in total. The number of aliphatic hydroxyl groups excluding tert-OH is 1. The zero-order valence-electron chi connectivity index (χ0n) is 22.2. The number of nitrogens with zero attached hydrogens (tertiary/aromatic N) is 1. The third kappa shape index (κ3) is 4.51. The molecule has 0 unspecified atom stereocenters. The van der Waals surface area contributed by atoms with Gasteiger partial charge in [0.2, 0.25) is 0 Å². The highest BCUT2D eigenvalue weighted by molar-refractivity contribution is 6.05. The van der Waals surface area contributed by atoms with Crippen LogP contribution in [0.4, 0.5) is 0 Å². The monoisotopic (exact) mass is 502 g/mol. The molecule has 0 aromatic carbocycles. The Morgan fingerprint density at radius 2 is 1.89 bits per heavy atom. The van der Waals surface area contributed by atoms with Gasteiger partial charge in [-0.2, -0.15) is 0 Å². The minimum Gasteiger partial charge on any atom is -0.479 e. The van der Waals surface area contributed by atoms with Gasteiger partial charge in [0.15, 0.2) is 12.7 Å². The zero-order valence-corrected chi connectivity index (χ0v) is 22.2. The number of hydrogen-bond acceptors (Lipinski definition) is 6. The van der Waals surface area contributed by atoms with E-state index in [0.29, 0.717) is 23.5 Å². The van der Waals surface area contributed by atoms with Crippen molar-refractivity contribution in [2.75, 3.05) is 13.2 Å². The summed E-state index contributed by atoms with van der Waals surface area (Å²) in [4.78, 5) is 28.4. The number of amides is 1. The first-order chi connectivity index (χ1) is 16.7. The Morgan fingerprint density at radius 1 is 1.19 bits per heavy atom. The number of hydrogen-bond donors (Lipinski definition) is 4. The van der Waals surface area contributed by atoms with Crippen molar-refractivity contribution in [1.82, 2.24) is 5.32 Å². The summed E-state index contributed by atoms with van der Waals surface area (Å²) in [5.74, 6) is -0.0187. The maximum Gasteiger partial charge on any atom is 0.333 e. The molecule has 8 heteroatoms. The van der Waals surface area contributed by atoms with Crippen LogP contribution >= 0.6 is 0 Å². The lowest BCUT2D eigenvalue weighted by Gasteiger charge is -2.58. The van der Waals surface area contributed by atoms with Gasteiger partial charge >= 0.3 is 5.97 Å². The van der Waals surface area contributed by atoms with Crippen molar-refractivity contribution in [2.45, 2.75) is 84.8 Å². The SMILES string of the molecule is CC(C)(CNC(=O)CO/N=C1/C=C[C@@]2(C)C(=C1)CC[C@@H]1[C@@H]2CC[C@@]2(C)[C@H]1CC[C@]2(C)O)[C@H](O)C(=O)O. The van der Waals surface area contributed by atoms with Crippen LogP contribution in [-0.4, -0.2) is 57.8 Å².